The summed E-state index contributed by atoms with van der Waals surface area (Å²) >= 11 is 0. The monoisotopic (exact) mass is 156 g/mol. The van der Waals surface area contributed by atoms with Gasteiger partial charge in [0, 0.05) is 0 Å². The highest BCUT2D eigenvalue weighted by molar-refractivity contribution is 5.84. The summed E-state index contributed by atoms with van der Waals surface area (Å²) in [6.45, 7) is 1.50. The van der Waals surface area contributed by atoms with Crippen LogP contribution in [0.25, 0.3) is 0 Å². The van der Waals surface area contributed by atoms with Crippen molar-refractivity contribution in [2.75, 3.05) is 0 Å². The maximum atomic E-state index is 9.96. The van der Waals surface area contributed by atoms with E-state index in [0.717, 1.165) is 6.08 Å². The lowest BCUT2D eigenvalue weighted by Crippen LogP contribution is -1.97. The minimum Gasteiger partial charge on any atom is -0.502 e. The Bertz CT molecular complexity index is 225. The lowest BCUT2D eigenvalue weighted by molar-refractivity contribution is -0.135. The molecule has 11 heavy (non-hydrogen) atoms. The summed E-state index contributed by atoms with van der Waals surface area (Å²) < 4.78 is 0. The molecule has 0 aliphatic carbocycles. The van der Waals surface area contributed by atoms with Crippen molar-refractivity contribution in [2.45, 2.75) is 6.92 Å². The quantitative estimate of drug-likeness (QED) is 0.272. The molecule has 0 heterocycles. The third kappa shape index (κ3) is 3.91. The Balaban J connectivity index is 4.34. The third-order valence-electron chi connectivity index (χ3n) is 0.909. The summed E-state index contributed by atoms with van der Waals surface area (Å²) in [5.74, 6) is -2.20. The summed E-state index contributed by atoms with van der Waals surface area (Å²) in [6.07, 6.45) is 2.73. The van der Waals surface area contributed by atoms with Crippen molar-refractivity contribution >= 4 is 12.3 Å². The summed E-state index contributed by atoms with van der Waals surface area (Å²) in [5.41, 5.74) is 0.345. The number of hydrogen-bond donors (Lipinski definition) is 2. The molecule has 0 fully saturated rings. The average Bonchev–Trinajstić information content (AvgIpc) is 1.99. The fraction of sp³-hybridized carbons (Fsp3) is 0.143. The lowest BCUT2D eigenvalue weighted by Gasteiger charge is -1.87. The van der Waals surface area contributed by atoms with E-state index in [1.807, 2.05) is 0 Å². The van der Waals surface area contributed by atoms with Crippen molar-refractivity contribution in [1.29, 1.82) is 0 Å². The number of aliphatic carboxylic acids is 1. The number of carbonyl (C=O) groups is 2. The summed E-state index contributed by atoms with van der Waals surface area (Å²) in [4.78, 5) is 19.9. The fourth-order valence-electron chi connectivity index (χ4n) is 0.321. The van der Waals surface area contributed by atoms with Crippen LogP contribution in [0.5, 0.6) is 0 Å². The molecule has 0 spiro atoms. The highest BCUT2D eigenvalue weighted by Crippen LogP contribution is 1.92. The van der Waals surface area contributed by atoms with Crippen LogP contribution in [0, 0.1) is 0 Å². The van der Waals surface area contributed by atoms with Gasteiger partial charge < -0.3 is 10.2 Å². The first kappa shape index (κ1) is 9.42. The van der Waals surface area contributed by atoms with E-state index in [-0.39, 0.29) is 0 Å². The van der Waals surface area contributed by atoms with E-state index < -0.39 is 11.7 Å². The smallest absolute Gasteiger partial charge is 0.370 e. The lowest BCUT2D eigenvalue weighted by atomic mass is 10.3. The summed E-state index contributed by atoms with van der Waals surface area (Å²) in [7, 11) is 0. The van der Waals surface area contributed by atoms with Crippen molar-refractivity contribution in [3.05, 3.63) is 23.5 Å². The number of allylic oxidation sites excluding steroid dienone is 3. The minimum absolute atomic E-state index is 0.345. The standard InChI is InChI=1S/C7H8O4/c1-5(4-8)2-3-6(9)7(10)11/h2-4,9H,1H3,(H,10,11). The summed E-state index contributed by atoms with van der Waals surface area (Å²) in [5, 5.41) is 16.7. The van der Waals surface area contributed by atoms with Crippen molar-refractivity contribution in [3.8, 4) is 0 Å². The number of aldehydes is 1. The van der Waals surface area contributed by atoms with Gasteiger partial charge in [0.05, 0.1) is 0 Å². The Hall–Kier alpha value is -1.58. The van der Waals surface area contributed by atoms with Crippen LogP contribution < -0.4 is 0 Å². The number of aliphatic hydroxyl groups is 1. The molecule has 0 aromatic heterocycles. The van der Waals surface area contributed by atoms with Crippen LogP contribution in [0.15, 0.2) is 23.5 Å². The zero-order chi connectivity index (χ0) is 8.85. The van der Waals surface area contributed by atoms with E-state index in [2.05, 4.69) is 0 Å². The highest BCUT2D eigenvalue weighted by Gasteiger charge is 1.99. The van der Waals surface area contributed by atoms with Gasteiger partial charge in [0.15, 0.2) is 0 Å². The first-order chi connectivity index (χ1) is 5.07. The van der Waals surface area contributed by atoms with E-state index in [1.54, 1.807) is 0 Å². The van der Waals surface area contributed by atoms with Gasteiger partial charge in [-0.25, -0.2) is 4.79 Å². The molecule has 0 amide bonds. The number of carboxylic acid groups (broad SMARTS) is 1. The number of rotatable bonds is 3. The second-order valence-electron chi connectivity index (χ2n) is 1.89. The van der Waals surface area contributed by atoms with Gasteiger partial charge in [-0.3, -0.25) is 4.79 Å². The van der Waals surface area contributed by atoms with Crippen LogP contribution in [0.1, 0.15) is 6.92 Å². The van der Waals surface area contributed by atoms with E-state index in [0.29, 0.717) is 11.9 Å². The van der Waals surface area contributed by atoms with Crippen LogP contribution in [-0.2, 0) is 9.59 Å². The second kappa shape index (κ2) is 4.27. The second-order valence-corrected chi connectivity index (χ2v) is 1.89. The molecule has 0 aromatic carbocycles. The maximum absolute atomic E-state index is 9.96. The normalized spacial score (nSPS) is 12.8. The molecule has 0 unspecified atom stereocenters. The van der Waals surface area contributed by atoms with Crippen molar-refractivity contribution in [2.24, 2.45) is 0 Å². The molecule has 0 aliphatic rings. The molecule has 0 aromatic rings. The molecule has 0 saturated carbocycles. The van der Waals surface area contributed by atoms with Crippen molar-refractivity contribution < 1.29 is 19.8 Å². The maximum Gasteiger partial charge on any atom is 0.370 e. The Morgan fingerprint density at radius 3 is 2.18 bits per heavy atom. The third-order valence-corrected chi connectivity index (χ3v) is 0.909. The average molecular weight is 156 g/mol. The van der Waals surface area contributed by atoms with Crippen LogP contribution in [0.3, 0.4) is 0 Å². The molecule has 4 nitrogen and oxygen atoms in total. The van der Waals surface area contributed by atoms with Crippen molar-refractivity contribution in [1.82, 2.24) is 0 Å². The van der Waals surface area contributed by atoms with Crippen LogP contribution in [-0.4, -0.2) is 22.5 Å². The molecule has 0 aliphatic heterocycles. The molecule has 60 valence electrons. The van der Waals surface area contributed by atoms with Gasteiger partial charge in [-0.2, -0.15) is 0 Å². The van der Waals surface area contributed by atoms with E-state index in [4.69, 9.17) is 10.2 Å². The topological polar surface area (TPSA) is 74.6 Å². The fourth-order valence-corrected chi connectivity index (χ4v) is 0.321. The molecule has 0 rings (SSSR count). The molecule has 0 radical (unpaired) electrons. The summed E-state index contributed by atoms with van der Waals surface area (Å²) in [6, 6.07) is 0. The van der Waals surface area contributed by atoms with Gasteiger partial charge in [0.2, 0.25) is 5.76 Å². The first-order valence-electron chi connectivity index (χ1n) is 2.84. The predicted molar refractivity (Wildman–Crippen MR) is 38.2 cm³/mol. The Morgan fingerprint density at radius 2 is 1.82 bits per heavy atom. The molecular formula is C7H8O4. The number of carboxylic acids is 1. The van der Waals surface area contributed by atoms with Gasteiger partial charge in [0.25, 0.3) is 0 Å². The van der Waals surface area contributed by atoms with E-state index in [9.17, 15) is 9.59 Å². The molecule has 4 heteroatoms. The minimum atomic E-state index is -1.42. The molecule has 0 bridgehead atoms. The first-order valence-corrected chi connectivity index (χ1v) is 2.84. The Kier molecular flexibility index (Phi) is 3.66. The number of carbonyl (C=O) groups excluding carboxylic acids is 1. The Morgan fingerprint density at radius 1 is 1.27 bits per heavy atom. The van der Waals surface area contributed by atoms with E-state index >= 15 is 0 Å². The van der Waals surface area contributed by atoms with Crippen LogP contribution >= 0.6 is 0 Å². The molecule has 0 atom stereocenters. The predicted octanol–water partition coefficient (Wildman–Crippen LogP) is 0.658. The van der Waals surface area contributed by atoms with Gasteiger partial charge >= 0.3 is 5.97 Å². The van der Waals surface area contributed by atoms with Crippen LogP contribution in [0.4, 0.5) is 0 Å². The van der Waals surface area contributed by atoms with Gasteiger partial charge in [-0.1, -0.05) is 6.08 Å². The van der Waals surface area contributed by atoms with Gasteiger partial charge in [-0.05, 0) is 18.6 Å². The zero-order valence-electron chi connectivity index (χ0n) is 5.94. The Labute approximate surface area is 63.5 Å². The van der Waals surface area contributed by atoms with Gasteiger partial charge in [-0.15, -0.1) is 0 Å². The molecule has 0 saturated heterocycles. The molecular weight excluding hydrogens is 148 g/mol. The van der Waals surface area contributed by atoms with Gasteiger partial charge in [0.1, 0.15) is 6.29 Å². The van der Waals surface area contributed by atoms with Crippen molar-refractivity contribution in [3.63, 3.8) is 0 Å². The largest absolute Gasteiger partial charge is 0.502 e. The highest BCUT2D eigenvalue weighted by atomic mass is 16.4. The SMILES string of the molecule is CC(C=O)=CC=C(O)C(=O)O. The number of aliphatic hydroxyl groups excluding tert-OH is 1. The number of hydrogen-bond acceptors (Lipinski definition) is 3. The van der Waals surface area contributed by atoms with E-state index in [1.165, 1.54) is 13.0 Å². The molecule has 2 N–H and O–H groups in total. The zero-order valence-corrected chi connectivity index (χ0v) is 5.94. The van der Waals surface area contributed by atoms with Crippen LogP contribution in [0.2, 0.25) is 0 Å².